The Hall–Kier alpha value is -1.60. The quantitative estimate of drug-likeness (QED) is 0.715. The highest BCUT2D eigenvalue weighted by atomic mass is 18.2. The zero-order valence-electron chi connectivity index (χ0n) is 7.80. The molecule has 1 nitrogen and oxygen atoms in total. The van der Waals surface area contributed by atoms with E-state index >= 15 is 0 Å². The number of hydrogen-bond acceptors (Lipinski definition) is 1. The average Bonchev–Trinajstić information content (AvgIpc) is 2.30. The number of aliphatic hydroxyl groups excluding tert-OH is 1. The van der Waals surface area contributed by atoms with E-state index in [0.29, 0.717) is 0 Å². The van der Waals surface area contributed by atoms with E-state index in [0.717, 1.165) is 11.1 Å². The standard InChI is InChI=1S/C13H12O/c14-13(11-7-3-1-4-8-11)12-9-5-2-6-10-12/h1-10,13-14H/i14+2. The Morgan fingerprint density at radius 2 is 1.00 bits per heavy atom. The summed E-state index contributed by atoms with van der Waals surface area (Å²) >= 11 is 0. The van der Waals surface area contributed by atoms with Crippen molar-refractivity contribution in [2.45, 2.75) is 6.10 Å². The molecule has 2 aromatic carbocycles. The summed E-state index contributed by atoms with van der Waals surface area (Å²) in [6.45, 7) is 0. The molecular weight excluding hydrogens is 174 g/mol. The number of aliphatic hydroxyl groups is 1. The molecule has 0 heterocycles. The van der Waals surface area contributed by atoms with Crippen LogP contribution in [0, 0.1) is 0 Å². The van der Waals surface area contributed by atoms with E-state index in [1.54, 1.807) is 0 Å². The van der Waals surface area contributed by atoms with Crippen molar-refractivity contribution < 1.29 is 5.11 Å². The molecule has 0 saturated heterocycles. The van der Waals surface area contributed by atoms with Gasteiger partial charge < -0.3 is 5.11 Å². The van der Waals surface area contributed by atoms with Crippen molar-refractivity contribution in [2.24, 2.45) is 0 Å². The third kappa shape index (κ3) is 1.83. The Balaban J connectivity index is 2.30. The maximum absolute atomic E-state index is 9.99. The second-order valence-electron chi connectivity index (χ2n) is 3.22. The number of rotatable bonds is 2. The van der Waals surface area contributed by atoms with Crippen LogP contribution in [0.3, 0.4) is 0 Å². The molecule has 0 aliphatic carbocycles. The summed E-state index contributed by atoms with van der Waals surface area (Å²) in [5, 5.41) is 9.99. The van der Waals surface area contributed by atoms with Crippen LogP contribution in [0.25, 0.3) is 0 Å². The van der Waals surface area contributed by atoms with E-state index in [1.165, 1.54) is 0 Å². The topological polar surface area (TPSA) is 20.2 Å². The lowest BCUT2D eigenvalue weighted by molar-refractivity contribution is 0.220. The monoisotopic (exact) mass is 186 g/mol. The second kappa shape index (κ2) is 4.07. The average molecular weight is 186 g/mol. The van der Waals surface area contributed by atoms with Gasteiger partial charge in [-0.25, -0.2) is 0 Å². The smallest absolute Gasteiger partial charge is 0.104 e. The van der Waals surface area contributed by atoms with Gasteiger partial charge in [-0.15, -0.1) is 0 Å². The summed E-state index contributed by atoms with van der Waals surface area (Å²) in [5.41, 5.74) is 1.86. The lowest BCUT2D eigenvalue weighted by atomic mass is 10.0. The summed E-state index contributed by atoms with van der Waals surface area (Å²) in [4.78, 5) is 0. The van der Waals surface area contributed by atoms with Crippen LogP contribution in [0.4, 0.5) is 0 Å². The first-order valence-corrected chi connectivity index (χ1v) is 4.66. The van der Waals surface area contributed by atoms with Gasteiger partial charge in [0.1, 0.15) is 6.10 Å². The van der Waals surface area contributed by atoms with Crippen LogP contribution < -0.4 is 0 Å². The van der Waals surface area contributed by atoms with Crippen molar-refractivity contribution >= 4 is 0 Å². The predicted molar refractivity (Wildman–Crippen MR) is 56.9 cm³/mol. The molecule has 70 valence electrons. The molecule has 0 aromatic heterocycles. The molecule has 0 saturated carbocycles. The van der Waals surface area contributed by atoms with Crippen molar-refractivity contribution in [1.82, 2.24) is 0 Å². The third-order valence-corrected chi connectivity index (χ3v) is 2.23. The summed E-state index contributed by atoms with van der Waals surface area (Å²) < 4.78 is 0. The molecular formula is C13H12O. The Labute approximate surface area is 83.6 Å². The van der Waals surface area contributed by atoms with E-state index in [1.807, 2.05) is 60.7 Å². The molecule has 2 aromatic rings. The zero-order valence-corrected chi connectivity index (χ0v) is 7.80. The molecule has 0 atom stereocenters. The molecule has 14 heavy (non-hydrogen) atoms. The fourth-order valence-electron chi connectivity index (χ4n) is 1.46. The minimum Gasteiger partial charge on any atom is -0.384 e. The van der Waals surface area contributed by atoms with Crippen LogP contribution >= 0.6 is 0 Å². The van der Waals surface area contributed by atoms with Gasteiger partial charge in [-0.05, 0) is 11.1 Å². The van der Waals surface area contributed by atoms with Crippen molar-refractivity contribution in [3.05, 3.63) is 71.8 Å². The maximum atomic E-state index is 9.99. The van der Waals surface area contributed by atoms with Crippen LogP contribution in [-0.2, 0) is 0 Å². The number of hydrogen-bond donors (Lipinski definition) is 1. The van der Waals surface area contributed by atoms with E-state index in [4.69, 9.17) is 0 Å². The lowest BCUT2D eigenvalue weighted by Crippen LogP contribution is -1.98. The van der Waals surface area contributed by atoms with Crippen LogP contribution in [0.2, 0.25) is 0 Å². The Bertz CT molecular complexity index is 341. The van der Waals surface area contributed by atoms with Crippen molar-refractivity contribution in [3.8, 4) is 0 Å². The second-order valence-corrected chi connectivity index (χ2v) is 3.22. The Kier molecular flexibility index (Phi) is 2.61. The zero-order chi connectivity index (χ0) is 9.80. The van der Waals surface area contributed by atoms with Gasteiger partial charge in [-0.3, -0.25) is 0 Å². The molecule has 0 fully saturated rings. The summed E-state index contributed by atoms with van der Waals surface area (Å²) in [6.07, 6.45) is -0.516. The highest BCUT2D eigenvalue weighted by Gasteiger charge is 2.07. The summed E-state index contributed by atoms with van der Waals surface area (Å²) in [5.74, 6) is 0. The summed E-state index contributed by atoms with van der Waals surface area (Å²) in [6, 6.07) is 19.3. The minimum absolute atomic E-state index is 0.516. The molecule has 0 radical (unpaired) electrons. The van der Waals surface area contributed by atoms with E-state index in [-0.39, 0.29) is 0 Å². The molecule has 0 aliphatic rings. The van der Waals surface area contributed by atoms with Crippen LogP contribution in [0.1, 0.15) is 17.2 Å². The molecule has 0 spiro atoms. The number of benzene rings is 2. The molecule has 2 rings (SSSR count). The molecule has 0 aliphatic heterocycles. The van der Waals surface area contributed by atoms with Gasteiger partial charge in [0.25, 0.3) is 0 Å². The Morgan fingerprint density at radius 1 is 0.643 bits per heavy atom. The van der Waals surface area contributed by atoms with Gasteiger partial charge in [-0.2, -0.15) is 0 Å². The SMILES string of the molecule is [18OH]C(c1ccccc1)c1ccccc1. The van der Waals surface area contributed by atoms with Crippen LogP contribution in [0.15, 0.2) is 60.7 Å². The molecule has 1 heteroatoms. The van der Waals surface area contributed by atoms with Crippen molar-refractivity contribution in [2.75, 3.05) is 0 Å². The van der Waals surface area contributed by atoms with E-state index in [2.05, 4.69) is 0 Å². The van der Waals surface area contributed by atoms with E-state index in [9.17, 15) is 5.11 Å². The van der Waals surface area contributed by atoms with Gasteiger partial charge in [-0.1, -0.05) is 60.7 Å². The highest BCUT2D eigenvalue weighted by Crippen LogP contribution is 2.20. The predicted octanol–water partition coefficient (Wildman–Crippen LogP) is 2.77. The van der Waals surface area contributed by atoms with Gasteiger partial charge in [0.2, 0.25) is 0 Å². The van der Waals surface area contributed by atoms with Crippen LogP contribution in [0.5, 0.6) is 0 Å². The normalized spacial score (nSPS) is 10.4. The first kappa shape index (κ1) is 8.97. The fraction of sp³-hybridized carbons (Fsp3) is 0.0769. The van der Waals surface area contributed by atoms with Gasteiger partial charge in [0.15, 0.2) is 0 Å². The van der Waals surface area contributed by atoms with Crippen LogP contribution in [-0.4, -0.2) is 5.11 Å². The fourth-order valence-corrected chi connectivity index (χ4v) is 1.46. The summed E-state index contributed by atoms with van der Waals surface area (Å²) in [7, 11) is 0. The minimum atomic E-state index is -0.516. The molecule has 0 bridgehead atoms. The third-order valence-electron chi connectivity index (χ3n) is 2.23. The first-order valence-electron chi connectivity index (χ1n) is 4.66. The van der Waals surface area contributed by atoms with Gasteiger partial charge >= 0.3 is 0 Å². The maximum Gasteiger partial charge on any atom is 0.104 e. The largest absolute Gasteiger partial charge is 0.384 e. The molecule has 1 N–H and O–H groups in total. The Morgan fingerprint density at radius 3 is 1.36 bits per heavy atom. The van der Waals surface area contributed by atoms with Crippen molar-refractivity contribution in [3.63, 3.8) is 0 Å². The molecule has 0 amide bonds. The van der Waals surface area contributed by atoms with Gasteiger partial charge in [0.05, 0.1) is 0 Å². The van der Waals surface area contributed by atoms with E-state index < -0.39 is 6.10 Å². The lowest BCUT2D eigenvalue weighted by Gasteiger charge is -2.10. The first-order chi connectivity index (χ1) is 6.88. The van der Waals surface area contributed by atoms with Crippen molar-refractivity contribution in [1.29, 1.82) is 0 Å². The van der Waals surface area contributed by atoms with Gasteiger partial charge in [0, 0.05) is 0 Å². The molecule has 0 unspecified atom stereocenters. The highest BCUT2D eigenvalue weighted by molar-refractivity contribution is 5.29.